The summed E-state index contributed by atoms with van der Waals surface area (Å²) in [5.74, 6) is -3.57. The molecule has 1 aromatic carbocycles. The van der Waals surface area contributed by atoms with Gasteiger partial charge in [-0.3, -0.25) is 14.9 Å². The maximum Gasteiger partial charge on any atom is 0.285 e. The highest BCUT2D eigenvalue weighted by Gasteiger charge is 2.23. The lowest BCUT2D eigenvalue weighted by molar-refractivity contribution is -0.385. The summed E-state index contributed by atoms with van der Waals surface area (Å²) in [5.41, 5.74) is 4.24. The van der Waals surface area contributed by atoms with Crippen molar-refractivity contribution in [3.8, 4) is 0 Å². The SMILES string of the molecule is CCC(N)CNC(=O)c1cc(F)c(F)cc1[N+](=O)[O-]. The van der Waals surface area contributed by atoms with E-state index in [0.29, 0.717) is 18.6 Å². The van der Waals surface area contributed by atoms with Crippen LogP contribution in [-0.2, 0) is 0 Å². The number of hydrogen-bond acceptors (Lipinski definition) is 4. The Morgan fingerprint density at radius 2 is 2.05 bits per heavy atom. The van der Waals surface area contributed by atoms with E-state index in [2.05, 4.69) is 5.32 Å². The van der Waals surface area contributed by atoms with Crippen LogP contribution in [0, 0.1) is 21.7 Å². The van der Waals surface area contributed by atoms with Crippen molar-refractivity contribution in [2.24, 2.45) is 5.73 Å². The molecule has 1 atom stereocenters. The van der Waals surface area contributed by atoms with Crippen molar-refractivity contribution in [3.05, 3.63) is 39.4 Å². The number of nitrogens with two attached hydrogens (primary N) is 1. The number of nitrogens with zero attached hydrogens (tertiary/aromatic N) is 1. The molecule has 0 aliphatic heterocycles. The molecular weight excluding hydrogens is 260 g/mol. The third-order valence-electron chi connectivity index (χ3n) is 2.53. The van der Waals surface area contributed by atoms with Crippen LogP contribution in [0.5, 0.6) is 0 Å². The van der Waals surface area contributed by atoms with Gasteiger partial charge in [0.05, 0.1) is 11.0 Å². The summed E-state index contributed by atoms with van der Waals surface area (Å²) >= 11 is 0. The van der Waals surface area contributed by atoms with Crippen LogP contribution in [0.3, 0.4) is 0 Å². The molecule has 6 nitrogen and oxygen atoms in total. The number of nitro groups is 1. The number of amides is 1. The van der Waals surface area contributed by atoms with Crippen molar-refractivity contribution < 1.29 is 18.5 Å². The van der Waals surface area contributed by atoms with Crippen LogP contribution in [0.25, 0.3) is 0 Å². The molecular formula is C11H13F2N3O3. The molecule has 0 heterocycles. The van der Waals surface area contributed by atoms with Crippen LogP contribution in [0.1, 0.15) is 23.7 Å². The molecule has 1 aromatic rings. The Hall–Kier alpha value is -2.09. The Labute approximate surface area is 107 Å². The molecule has 0 radical (unpaired) electrons. The summed E-state index contributed by atoms with van der Waals surface area (Å²) in [4.78, 5) is 21.4. The first-order valence-electron chi connectivity index (χ1n) is 5.54. The van der Waals surface area contributed by atoms with Gasteiger partial charge in [0.2, 0.25) is 0 Å². The molecule has 1 unspecified atom stereocenters. The Kier molecular flexibility index (Phi) is 4.87. The Balaban J connectivity index is 3.01. The minimum absolute atomic E-state index is 0.0888. The average Bonchev–Trinajstić information content (AvgIpc) is 2.37. The number of hydrogen-bond donors (Lipinski definition) is 2. The van der Waals surface area contributed by atoms with Gasteiger partial charge in [-0.05, 0) is 12.5 Å². The van der Waals surface area contributed by atoms with Gasteiger partial charge in [-0.1, -0.05) is 6.92 Å². The number of carbonyl (C=O) groups is 1. The predicted molar refractivity (Wildman–Crippen MR) is 63.6 cm³/mol. The van der Waals surface area contributed by atoms with Crippen molar-refractivity contribution in [1.29, 1.82) is 0 Å². The van der Waals surface area contributed by atoms with Gasteiger partial charge in [0.15, 0.2) is 11.6 Å². The van der Waals surface area contributed by atoms with Crippen molar-refractivity contribution in [2.75, 3.05) is 6.54 Å². The Morgan fingerprint density at radius 1 is 1.47 bits per heavy atom. The second-order valence-electron chi connectivity index (χ2n) is 3.92. The van der Waals surface area contributed by atoms with Gasteiger partial charge in [0.1, 0.15) is 5.56 Å². The molecule has 0 spiro atoms. The lowest BCUT2D eigenvalue weighted by Gasteiger charge is -2.10. The summed E-state index contributed by atoms with van der Waals surface area (Å²) in [6, 6.07) is 0.567. The highest BCUT2D eigenvalue weighted by Crippen LogP contribution is 2.22. The summed E-state index contributed by atoms with van der Waals surface area (Å²) in [5, 5.41) is 13.0. The fourth-order valence-electron chi connectivity index (χ4n) is 1.33. The zero-order valence-electron chi connectivity index (χ0n) is 10.2. The van der Waals surface area contributed by atoms with E-state index in [9.17, 15) is 23.7 Å². The van der Waals surface area contributed by atoms with Gasteiger partial charge in [0.25, 0.3) is 11.6 Å². The van der Waals surface area contributed by atoms with Gasteiger partial charge in [-0.15, -0.1) is 0 Å². The van der Waals surface area contributed by atoms with Crippen LogP contribution >= 0.6 is 0 Å². The largest absolute Gasteiger partial charge is 0.350 e. The molecule has 8 heteroatoms. The maximum atomic E-state index is 13.0. The first-order valence-corrected chi connectivity index (χ1v) is 5.54. The van der Waals surface area contributed by atoms with Crippen molar-refractivity contribution in [2.45, 2.75) is 19.4 Å². The van der Waals surface area contributed by atoms with Crippen LogP contribution in [-0.4, -0.2) is 23.4 Å². The van der Waals surface area contributed by atoms with E-state index in [1.807, 2.05) is 0 Å². The van der Waals surface area contributed by atoms with Crippen LogP contribution in [0.4, 0.5) is 14.5 Å². The van der Waals surface area contributed by atoms with Gasteiger partial charge >= 0.3 is 0 Å². The molecule has 0 aliphatic rings. The predicted octanol–water partition coefficient (Wildman–Crippen LogP) is 1.34. The van der Waals surface area contributed by atoms with Crippen LogP contribution < -0.4 is 11.1 Å². The molecule has 1 amide bonds. The number of nitro benzene ring substituents is 1. The molecule has 0 bridgehead atoms. The zero-order chi connectivity index (χ0) is 14.6. The third-order valence-corrected chi connectivity index (χ3v) is 2.53. The molecule has 19 heavy (non-hydrogen) atoms. The van der Waals surface area contributed by atoms with Gasteiger partial charge in [0, 0.05) is 12.6 Å². The van der Waals surface area contributed by atoms with Gasteiger partial charge in [-0.2, -0.15) is 0 Å². The fraction of sp³-hybridized carbons (Fsp3) is 0.364. The summed E-state index contributed by atoms with van der Waals surface area (Å²) in [6.07, 6.45) is 0.597. The summed E-state index contributed by atoms with van der Waals surface area (Å²) < 4.78 is 26.0. The van der Waals surface area contributed by atoms with Gasteiger partial charge in [-0.25, -0.2) is 8.78 Å². The van der Waals surface area contributed by atoms with Crippen molar-refractivity contribution >= 4 is 11.6 Å². The minimum atomic E-state index is -1.38. The molecule has 0 fully saturated rings. The molecule has 0 saturated heterocycles. The van der Waals surface area contributed by atoms with E-state index in [-0.39, 0.29) is 12.6 Å². The first kappa shape index (κ1) is 15.0. The second kappa shape index (κ2) is 6.19. The highest BCUT2D eigenvalue weighted by atomic mass is 19.2. The smallest absolute Gasteiger partial charge is 0.285 e. The van der Waals surface area contributed by atoms with Crippen LogP contribution in [0.2, 0.25) is 0 Å². The molecule has 0 aromatic heterocycles. The number of halogens is 2. The lowest BCUT2D eigenvalue weighted by atomic mass is 10.1. The van der Waals surface area contributed by atoms with E-state index < -0.39 is 33.7 Å². The Morgan fingerprint density at radius 3 is 2.58 bits per heavy atom. The van der Waals surface area contributed by atoms with E-state index in [4.69, 9.17) is 5.73 Å². The minimum Gasteiger partial charge on any atom is -0.350 e. The summed E-state index contributed by atoms with van der Waals surface area (Å²) in [7, 11) is 0. The van der Waals surface area contributed by atoms with E-state index in [1.54, 1.807) is 6.92 Å². The molecule has 3 N–H and O–H groups in total. The molecule has 0 saturated carbocycles. The van der Waals surface area contributed by atoms with Crippen LogP contribution in [0.15, 0.2) is 12.1 Å². The number of carbonyl (C=O) groups excluding carboxylic acids is 1. The Bertz CT molecular complexity index is 508. The standard InChI is InChI=1S/C11H13F2N3O3/c1-2-6(14)5-15-11(17)7-3-8(12)9(13)4-10(7)16(18)19/h3-4,6H,2,5,14H2,1H3,(H,15,17). The third kappa shape index (κ3) is 3.68. The van der Waals surface area contributed by atoms with Gasteiger partial charge < -0.3 is 11.1 Å². The van der Waals surface area contributed by atoms with E-state index in [1.165, 1.54) is 0 Å². The lowest BCUT2D eigenvalue weighted by Crippen LogP contribution is -2.37. The zero-order valence-corrected chi connectivity index (χ0v) is 10.2. The molecule has 1 rings (SSSR count). The van der Waals surface area contributed by atoms with E-state index >= 15 is 0 Å². The van der Waals surface area contributed by atoms with E-state index in [0.717, 1.165) is 0 Å². The number of nitrogens with one attached hydrogen (secondary N) is 1. The molecule has 104 valence electrons. The van der Waals surface area contributed by atoms with Crippen molar-refractivity contribution in [1.82, 2.24) is 5.32 Å². The maximum absolute atomic E-state index is 13.0. The number of rotatable bonds is 5. The average molecular weight is 273 g/mol. The topological polar surface area (TPSA) is 98.3 Å². The van der Waals surface area contributed by atoms with Crippen molar-refractivity contribution in [3.63, 3.8) is 0 Å². The number of benzene rings is 1. The normalized spacial score (nSPS) is 12.0. The summed E-state index contributed by atoms with van der Waals surface area (Å²) in [6.45, 7) is 1.89. The second-order valence-corrected chi connectivity index (χ2v) is 3.92. The fourth-order valence-corrected chi connectivity index (χ4v) is 1.33. The monoisotopic (exact) mass is 273 g/mol. The molecule has 0 aliphatic carbocycles. The quantitative estimate of drug-likeness (QED) is 0.624. The first-order chi connectivity index (χ1) is 8.86. The highest BCUT2D eigenvalue weighted by molar-refractivity contribution is 5.98.